The molecule has 0 aromatic carbocycles. The van der Waals surface area contributed by atoms with Gasteiger partial charge in [-0.1, -0.05) is 6.58 Å². The van der Waals surface area contributed by atoms with Crippen molar-refractivity contribution in [2.24, 2.45) is 0 Å². The molecule has 0 unspecified atom stereocenters. The van der Waals surface area contributed by atoms with E-state index < -0.39 is 0 Å². The maximum Gasteiger partial charge on any atom is 0.302 e. The van der Waals surface area contributed by atoms with Gasteiger partial charge in [0, 0.05) is 6.92 Å². The number of hydrogen-bond donors (Lipinski definition) is 0. The molecule has 0 heterocycles. The van der Waals surface area contributed by atoms with E-state index in [0.29, 0.717) is 152 Å². The molecule has 0 N–H and O–H groups in total. The Kier molecular flexibility index (Phi) is 36.3. The minimum absolute atomic E-state index is 0.257. The monoisotopic (exact) mass is 614 g/mol. The van der Waals surface area contributed by atoms with E-state index in [1.54, 1.807) is 0 Å². The van der Waals surface area contributed by atoms with Gasteiger partial charge in [-0.15, -0.1) is 0 Å². The summed E-state index contributed by atoms with van der Waals surface area (Å²) < 4.78 is 69.1. The van der Waals surface area contributed by atoms with Crippen molar-refractivity contribution in [3.63, 3.8) is 0 Å². The Hall–Kier alpha value is -1.43. The zero-order chi connectivity index (χ0) is 30.4. The minimum atomic E-state index is -0.312. The summed E-state index contributed by atoms with van der Waals surface area (Å²) in [6, 6.07) is 0. The molecule has 14 heteroatoms. The lowest BCUT2D eigenvalue weighted by molar-refractivity contribution is -0.142. The van der Waals surface area contributed by atoms with Gasteiger partial charge in [-0.3, -0.25) is 4.79 Å². The van der Waals surface area contributed by atoms with Crippen LogP contribution in [0.2, 0.25) is 0 Å². The van der Waals surface area contributed by atoms with E-state index >= 15 is 0 Å². The first kappa shape index (κ1) is 40.6. The van der Waals surface area contributed by atoms with Crippen LogP contribution in [0.4, 0.5) is 0 Å². The summed E-state index contributed by atoms with van der Waals surface area (Å²) in [5.74, 6) is -0.312. The molecule has 0 saturated heterocycles. The molecule has 0 atom stereocenters. The number of hydrogen-bond acceptors (Lipinski definition) is 14. The van der Waals surface area contributed by atoms with E-state index in [0.717, 1.165) is 0 Å². The van der Waals surface area contributed by atoms with Crippen molar-refractivity contribution in [2.45, 2.75) is 6.92 Å². The number of carbonyl (C=O) groups is 1. The molecule has 0 spiro atoms. The topological polar surface area (TPSA) is 137 Å². The standard InChI is InChI=1S/C28H54O14/c1-3-30-4-5-31-6-7-32-8-9-33-10-11-34-12-13-35-14-15-36-16-17-37-18-19-38-20-21-39-22-23-40-24-25-41-26-27-42-28(2)29/h3H,1,4-27H2,2H3. The number of ether oxygens (including phenoxy) is 13. The normalized spacial score (nSPS) is 11.2. The molecule has 0 radical (unpaired) electrons. The summed E-state index contributed by atoms with van der Waals surface area (Å²) in [5, 5.41) is 0. The maximum atomic E-state index is 10.6. The number of carbonyl (C=O) groups excluding carboxylic acids is 1. The third kappa shape index (κ3) is 38.6. The van der Waals surface area contributed by atoms with Gasteiger partial charge < -0.3 is 61.6 Å². The van der Waals surface area contributed by atoms with Crippen LogP contribution in [0.25, 0.3) is 0 Å². The predicted molar refractivity (Wildman–Crippen MR) is 152 cm³/mol. The Balaban J connectivity index is 3.04. The van der Waals surface area contributed by atoms with Crippen LogP contribution < -0.4 is 0 Å². The third-order valence-electron chi connectivity index (χ3n) is 4.72. The number of rotatable bonds is 37. The van der Waals surface area contributed by atoms with E-state index in [-0.39, 0.29) is 12.6 Å². The number of esters is 1. The fourth-order valence-electron chi connectivity index (χ4n) is 2.74. The lowest BCUT2D eigenvalue weighted by atomic mass is 10.6. The van der Waals surface area contributed by atoms with Gasteiger partial charge >= 0.3 is 5.97 Å². The maximum absolute atomic E-state index is 10.6. The molecule has 0 bridgehead atoms. The molecule has 0 rings (SSSR count). The Morgan fingerprint density at radius 3 is 0.762 bits per heavy atom. The van der Waals surface area contributed by atoms with Crippen molar-refractivity contribution in [2.75, 3.05) is 159 Å². The summed E-state index contributed by atoms with van der Waals surface area (Å²) >= 11 is 0. The fourth-order valence-corrected chi connectivity index (χ4v) is 2.74. The van der Waals surface area contributed by atoms with E-state index in [9.17, 15) is 4.79 Å². The lowest BCUT2D eigenvalue weighted by Gasteiger charge is -2.09. The van der Waals surface area contributed by atoms with Crippen molar-refractivity contribution < 1.29 is 66.4 Å². The van der Waals surface area contributed by atoms with Crippen molar-refractivity contribution in [3.05, 3.63) is 12.8 Å². The van der Waals surface area contributed by atoms with Gasteiger partial charge in [0.2, 0.25) is 0 Å². The molecule has 0 saturated carbocycles. The average molecular weight is 615 g/mol. The van der Waals surface area contributed by atoms with Crippen molar-refractivity contribution in [3.8, 4) is 0 Å². The smallest absolute Gasteiger partial charge is 0.302 e. The van der Waals surface area contributed by atoms with E-state index in [4.69, 9.17) is 61.6 Å². The summed E-state index contributed by atoms with van der Waals surface area (Å²) in [5.41, 5.74) is 0. The highest BCUT2D eigenvalue weighted by atomic mass is 16.6. The van der Waals surface area contributed by atoms with Crippen LogP contribution >= 0.6 is 0 Å². The van der Waals surface area contributed by atoms with Crippen LogP contribution in [0.1, 0.15) is 6.92 Å². The molecule has 0 fully saturated rings. The Labute approximate surface area is 251 Å². The first-order chi connectivity index (χ1) is 20.8. The second-order valence-corrected chi connectivity index (χ2v) is 8.11. The van der Waals surface area contributed by atoms with Crippen molar-refractivity contribution in [1.29, 1.82) is 0 Å². The first-order valence-corrected chi connectivity index (χ1v) is 14.5. The SMILES string of the molecule is C=COCCOCCOCCOCCOCCOCCOCCOCCOCCOCCOCCOCCOC(C)=O. The molecule has 250 valence electrons. The van der Waals surface area contributed by atoms with Crippen LogP contribution in [-0.2, 0) is 66.4 Å². The third-order valence-corrected chi connectivity index (χ3v) is 4.72. The molecule has 0 amide bonds. The van der Waals surface area contributed by atoms with Gasteiger partial charge in [-0.05, 0) is 0 Å². The summed E-state index contributed by atoms with van der Waals surface area (Å²) in [6.45, 7) is 16.4. The van der Waals surface area contributed by atoms with Crippen LogP contribution in [-0.4, -0.2) is 165 Å². The zero-order valence-electron chi connectivity index (χ0n) is 25.5. The lowest BCUT2D eigenvalue weighted by Crippen LogP contribution is -2.15. The Morgan fingerprint density at radius 1 is 0.381 bits per heavy atom. The van der Waals surface area contributed by atoms with Gasteiger partial charge in [0.1, 0.15) is 13.2 Å². The van der Waals surface area contributed by atoms with Gasteiger partial charge in [0.25, 0.3) is 0 Å². The average Bonchev–Trinajstić information content (AvgIpc) is 2.98. The quantitative estimate of drug-likeness (QED) is 0.0556. The molecule has 14 nitrogen and oxygen atoms in total. The zero-order valence-corrected chi connectivity index (χ0v) is 25.5. The predicted octanol–water partition coefficient (Wildman–Crippen LogP) is 0.892. The minimum Gasteiger partial charge on any atom is -0.499 e. The summed E-state index contributed by atoms with van der Waals surface area (Å²) in [4.78, 5) is 10.6. The Morgan fingerprint density at radius 2 is 0.571 bits per heavy atom. The molecular formula is C28H54O14. The van der Waals surface area contributed by atoms with E-state index in [1.807, 2.05) is 0 Å². The van der Waals surface area contributed by atoms with Crippen LogP contribution in [0.5, 0.6) is 0 Å². The molecule has 42 heavy (non-hydrogen) atoms. The largest absolute Gasteiger partial charge is 0.499 e. The molecule has 0 aliphatic heterocycles. The van der Waals surface area contributed by atoms with Gasteiger partial charge in [0.15, 0.2) is 0 Å². The van der Waals surface area contributed by atoms with Gasteiger partial charge in [-0.25, -0.2) is 0 Å². The first-order valence-electron chi connectivity index (χ1n) is 14.5. The van der Waals surface area contributed by atoms with Crippen LogP contribution in [0.3, 0.4) is 0 Å². The van der Waals surface area contributed by atoms with Crippen LogP contribution in [0, 0.1) is 0 Å². The summed E-state index contributed by atoms with van der Waals surface area (Å²) in [6.07, 6.45) is 1.39. The molecular weight excluding hydrogens is 560 g/mol. The second-order valence-electron chi connectivity index (χ2n) is 8.11. The molecule has 0 aliphatic carbocycles. The highest BCUT2D eigenvalue weighted by Crippen LogP contribution is 1.87. The molecule has 0 aromatic rings. The van der Waals surface area contributed by atoms with Crippen molar-refractivity contribution >= 4 is 5.97 Å². The highest BCUT2D eigenvalue weighted by molar-refractivity contribution is 5.65. The fraction of sp³-hybridized carbons (Fsp3) is 0.893. The molecule has 0 aromatic heterocycles. The second kappa shape index (κ2) is 37.6. The van der Waals surface area contributed by atoms with E-state index in [1.165, 1.54) is 13.2 Å². The highest BCUT2D eigenvalue weighted by Gasteiger charge is 1.97. The van der Waals surface area contributed by atoms with Gasteiger partial charge in [-0.2, -0.15) is 0 Å². The molecule has 0 aliphatic rings. The van der Waals surface area contributed by atoms with E-state index in [2.05, 4.69) is 6.58 Å². The van der Waals surface area contributed by atoms with Gasteiger partial charge in [0.05, 0.1) is 152 Å². The van der Waals surface area contributed by atoms with Crippen molar-refractivity contribution in [1.82, 2.24) is 0 Å². The Bertz CT molecular complexity index is 541. The van der Waals surface area contributed by atoms with Crippen LogP contribution in [0.15, 0.2) is 12.8 Å². The summed E-state index contributed by atoms with van der Waals surface area (Å²) in [7, 11) is 0.